The lowest BCUT2D eigenvalue weighted by Gasteiger charge is -2.33. The number of amides is 1. The molecule has 0 N–H and O–H groups in total. The zero-order chi connectivity index (χ0) is 13.1. The molecule has 0 spiro atoms. The standard InChI is InChI=1S/C13H20N2O2S/c1-4-14-5-7-15(8-6-14)13(16)12-11(17-3)9-10(2)18-12/h9H,4-8H2,1-3H3. The number of thiophene rings is 1. The van der Waals surface area contributed by atoms with Crippen LogP contribution in [0, 0.1) is 6.92 Å². The van der Waals surface area contributed by atoms with Crippen LogP contribution < -0.4 is 4.74 Å². The molecule has 18 heavy (non-hydrogen) atoms. The van der Waals surface area contributed by atoms with Gasteiger partial charge in [-0.2, -0.15) is 0 Å². The van der Waals surface area contributed by atoms with Gasteiger partial charge < -0.3 is 14.5 Å². The minimum Gasteiger partial charge on any atom is -0.495 e. The van der Waals surface area contributed by atoms with Crippen LogP contribution in [0.4, 0.5) is 0 Å². The molecule has 1 aromatic heterocycles. The molecule has 0 aliphatic carbocycles. The lowest BCUT2D eigenvalue weighted by molar-refractivity contribution is 0.0645. The van der Waals surface area contributed by atoms with Gasteiger partial charge in [-0.1, -0.05) is 6.92 Å². The van der Waals surface area contributed by atoms with E-state index < -0.39 is 0 Å². The molecule has 1 aliphatic heterocycles. The SMILES string of the molecule is CCN1CCN(C(=O)c2sc(C)cc2OC)CC1. The molecule has 2 heterocycles. The number of aryl methyl sites for hydroxylation is 1. The average molecular weight is 268 g/mol. The minimum absolute atomic E-state index is 0.112. The number of piperazine rings is 1. The fraction of sp³-hybridized carbons (Fsp3) is 0.615. The van der Waals surface area contributed by atoms with Crippen molar-refractivity contribution in [2.45, 2.75) is 13.8 Å². The van der Waals surface area contributed by atoms with Crippen molar-refractivity contribution in [1.29, 1.82) is 0 Å². The van der Waals surface area contributed by atoms with Crippen molar-refractivity contribution in [3.63, 3.8) is 0 Å². The van der Waals surface area contributed by atoms with E-state index in [0.29, 0.717) is 5.75 Å². The molecular weight excluding hydrogens is 248 g/mol. The molecule has 1 aliphatic rings. The molecule has 0 saturated carbocycles. The van der Waals surface area contributed by atoms with Crippen LogP contribution in [-0.4, -0.2) is 55.5 Å². The van der Waals surface area contributed by atoms with E-state index in [1.54, 1.807) is 7.11 Å². The summed E-state index contributed by atoms with van der Waals surface area (Å²) in [5.41, 5.74) is 0. The third-order valence-corrected chi connectivity index (χ3v) is 4.36. The molecule has 1 fully saturated rings. The first-order valence-electron chi connectivity index (χ1n) is 6.31. The molecule has 0 aromatic carbocycles. The monoisotopic (exact) mass is 268 g/mol. The molecule has 0 bridgehead atoms. The molecule has 0 atom stereocenters. The predicted molar refractivity (Wildman–Crippen MR) is 73.6 cm³/mol. The van der Waals surface area contributed by atoms with Crippen molar-refractivity contribution < 1.29 is 9.53 Å². The van der Waals surface area contributed by atoms with E-state index in [9.17, 15) is 4.79 Å². The maximum absolute atomic E-state index is 12.4. The van der Waals surface area contributed by atoms with Crippen molar-refractivity contribution in [3.8, 4) is 5.75 Å². The van der Waals surface area contributed by atoms with E-state index in [1.807, 2.05) is 17.9 Å². The lowest BCUT2D eigenvalue weighted by Crippen LogP contribution is -2.48. The Bertz CT molecular complexity index is 423. The second-order valence-electron chi connectivity index (χ2n) is 4.48. The van der Waals surface area contributed by atoms with Gasteiger partial charge in [-0.15, -0.1) is 11.3 Å². The molecule has 5 heteroatoms. The number of rotatable bonds is 3. The molecule has 4 nitrogen and oxygen atoms in total. The van der Waals surface area contributed by atoms with Gasteiger partial charge in [0, 0.05) is 31.1 Å². The second kappa shape index (κ2) is 5.71. The summed E-state index contributed by atoms with van der Waals surface area (Å²) in [6, 6.07) is 1.93. The number of likely N-dealkylation sites (N-methyl/N-ethyl adjacent to an activating group) is 1. The highest BCUT2D eigenvalue weighted by Gasteiger charge is 2.25. The highest BCUT2D eigenvalue weighted by Crippen LogP contribution is 2.30. The van der Waals surface area contributed by atoms with E-state index >= 15 is 0 Å². The normalized spacial score (nSPS) is 16.9. The predicted octanol–water partition coefficient (Wildman–Crippen LogP) is 1.84. The fourth-order valence-electron chi connectivity index (χ4n) is 2.20. The number of hydrogen-bond donors (Lipinski definition) is 0. The number of carbonyl (C=O) groups excluding carboxylic acids is 1. The molecule has 2 rings (SSSR count). The topological polar surface area (TPSA) is 32.8 Å². The largest absolute Gasteiger partial charge is 0.495 e. The van der Waals surface area contributed by atoms with Crippen LogP contribution >= 0.6 is 11.3 Å². The first kappa shape index (κ1) is 13.4. The van der Waals surface area contributed by atoms with Crippen LogP contribution in [0.25, 0.3) is 0 Å². The van der Waals surface area contributed by atoms with Gasteiger partial charge in [-0.05, 0) is 19.5 Å². The Hall–Kier alpha value is -1.07. The Balaban J connectivity index is 2.07. The lowest BCUT2D eigenvalue weighted by atomic mass is 10.3. The van der Waals surface area contributed by atoms with Crippen LogP contribution in [-0.2, 0) is 0 Å². The number of ether oxygens (including phenoxy) is 1. The minimum atomic E-state index is 0.112. The van der Waals surface area contributed by atoms with Gasteiger partial charge in [0.2, 0.25) is 0 Å². The molecule has 0 radical (unpaired) electrons. The van der Waals surface area contributed by atoms with Crippen LogP contribution in [0.5, 0.6) is 5.75 Å². The van der Waals surface area contributed by atoms with E-state index in [2.05, 4.69) is 11.8 Å². The summed E-state index contributed by atoms with van der Waals surface area (Å²) in [5, 5.41) is 0. The summed E-state index contributed by atoms with van der Waals surface area (Å²) in [6.45, 7) is 8.77. The van der Waals surface area contributed by atoms with Crippen molar-refractivity contribution in [2.75, 3.05) is 39.8 Å². The first-order chi connectivity index (χ1) is 8.65. The summed E-state index contributed by atoms with van der Waals surface area (Å²) in [4.78, 5) is 18.6. The molecule has 1 saturated heterocycles. The molecule has 0 unspecified atom stereocenters. The number of nitrogens with zero attached hydrogens (tertiary/aromatic N) is 2. The first-order valence-corrected chi connectivity index (χ1v) is 7.13. The smallest absolute Gasteiger partial charge is 0.267 e. The van der Waals surface area contributed by atoms with Gasteiger partial charge in [0.15, 0.2) is 0 Å². The number of methoxy groups -OCH3 is 1. The zero-order valence-corrected chi connectivity index (χ0v) is 12.0. The Morgan fingerprint density at radius 1 is 1.39 bits per heavy atom. The summed E-state index contributed by atoms with van der Waals surface area (Å²) in [5.74, 6) is 0.820. The fourth-order valence-corrected chi connectivity index (χ4v) is 3.15. The second-order valence-corrected chi connectivity index (χ2v) is 5.74. The van der Waals surface area contributed by atoms with Crippen molar-refractivity contribution in [2.24, 2.45) is 0 Å². The van der Waals surface area contributed by atoms with Crippen LogP contribution in [0.2, 0.25) is 0 Å². The Morgan fingerprint density at radius 3 is 2.61 bits per heavy atom. The van der Waals surface area contributed by atoms with Gasteiger partial charge in [0.05, 0.1) is 7.11 Å². The average Bonchev–Trinajstić information content (AvgIpc) is 2.79. The van der Waals surface area contributed by atoms with E-state index in [0.717, 1.165) is 42.5 Å². The number of carbonyl (C=O) groups is 1. The van der Waals surface area contributed by atoms with E-state index in [4.69, 9.17) is 4.74 Å². The van der Waals surface area contributed by atoms with Crippen LogP contribution in [0.3, 0.4) is 0 Å². The summed E-state index contributed by atoms with van der Waals surface area (Å²) in [6.07, 6.45) is 0. The van der Waals surface area contributed by atoms with Crippen LogP contribution in [0.15, 0.2) is 6.07 Å². The number of hydrogen-bond acceptors (Lipinski definition) is 4. The summed E-state index contributed by atoms with van der Waals surface area (Å²) >= 11 is 1.52. The highest BCUT2D eigenvalue weighted by molar-refractivity contribution is 7.14. The quantitative estimate of drug-likeness (QED) is 0.838. The van der Waals surface area contributed by atoms with Crippen LogP contribution in [0.1, 0.15) is 21.5 Å². The van der Waals surface area contributed by atoms with Gasteiger partial charge in [0.25, 0.3) is 5.91 Å². The van der Waals surface area contributed by atoms with Crippen molar-refractivity contribution in [1.82, 2.24) is 9.80 Å². The maximum atomic E-state index is 12.4. The summed E-state index contributed by atoms with van der Waals surface area (Å²) in [7, 11) is 1.62. The Labute approximate surface area is 112 Å². The van der Waals surface area contributed by atoms with E-state index in [-0.39, 0.29) is 5.91 Å². The van der Waals surface area contributed by atoms with Gasteiger partial charge in [-0.25, -0.2) is 0 Å². The maximum Gasteiger partial charge on any atom is 0.267 e. The third-order valence-electron chi connectivity index (χ3n) is 3.34. The third kappa shape index (κ3) is 2.67. The highest BCUT2D eigenvalue weighted by atomic mass is 32.1. The Kier molecular flexibility index (Phi) is 4.24. The molecule has 100 valence electrons. The molecule has 1 amide bonds. The van der Waals surface area contributed by atoms with Crippen molar-refractivity contribution >= 4 is 17.2 Å². The van der Waals surface area contributed by atoms with Gasteiger partial charge in [0.1, 0.15) is 10.6 Å². The van der Waals surface area contributed by atoms with Gasteiger partial charge in [-0.3, -0.25) is 4.79 Å². The van der Waals surface area contributed by atoms with E-state index in [1.165, 1.54) is 11.3 Å². The molecular formula is C13H20N2O2S. The Morgan fingerprint density at radius 2 is 2.06 bits per heavy atom. The zero-order valence-electron chi connectivity index (χ0n) is 11.2. The van der Waals surface area contributed by atoms with Gasteiger partial charge >= 0.3 is 0 Å². The summed E-state index contributed by atoms with van der Waals surface area (Å²) < 4.78 is 5.27. The van der Waals surface area contributed by atoms with Crippen molar-refractivity contribution in [3.05, 3.63) is 15.8 Å². The molecule has 1 aromatic rings.